The van der Waals surface area contributed by atoms with Crippen molar-refractivity contribution in [2.75, 3.05) is 4.90 Å². The molecular formula is C33H47NO5Si2. The zero-order valence-electron chi connectivity index (χ0n) is 26.4. The molecule has 1 amide bonds. The molecule has 4 rings (SSSR count). The summed E-state index contributed by atoms with van der Waals surface area (Å²) in [6.45, 7) is 22.2. The van der Waals surface area contributed by atoms with Crippen LogP contribution in [0.25, 0.3) is 0 Å². The summed E-state index contributed by atoms with van der Waals surface area (Å²) in [6.07, 6.45) is 0.898. The molecule has 2 aliphatic rings. The molecule has 8 heteroatoms. The van der Waals surface area contributed by atoms with Crippen LogP contribution in [0.5, 0.6) is 0 Å². The lowest BCUT2D eigenvalue weighted by molar-refractivity contribution is -0.137. The standard InChI is InChI=1S/C33H47NO5Si2/c1-31(2,3)40(7,8)38-27-20-25(29(35)36)33(21-28(27)39-41(9,10)32(4,5)6)24-18-14-15-19-26(24)34(30(33)37)22-23-16-12-11-13-17-23/h11-20,27-28H,21-22H2,1-10H3,(H,35,36)/t27-,28-,33+/m1/s1. The van der Waals surface area contributed by atoms with Gasteiger partial charge in [-0.25, -0.2) is 4.79 Å². The highest BCUT2D eigenvalue weighted by Crippen LogP contribution is 2.54. The number of amides is 1. The first-order valence-corrected chi connectivity index (χ1v) is 20.4. The van der Waals surface area contributed by atoms with Gasteiger partial charge in [-0.2, -0.15) is 0 Å². The van der Waals surface area contributed by atoms with Gasteiger partial charge in [-0.15, -0.1) is 0 Å². The average molecular weight is 594 g/mol. The maximum Gasteiger partial charge on any atom is 0.332 e. The maximum atomic E-state index is 14.7. The number of benzene rings is 2. The Hall–Kier alpha value is -2.53. The van der Waals surface area contributed by atoms with Crippen molar-refractivity contribution in [2.45, 2.75) is 108 Å². The first kappa shape index (κ1) is 31.4. The Labute approximate surface area is 248 Å². The lowest BCUT2D eigenvalue weighted by atomic mass is 9.67. The molecule has 0 saturated heterocycles. The lowest BCUT2D eigenvalue weighted by Crippen LogP contribution is -2.57. The number of hydrogen-bond acceptors (Lipinski definition) is 4. The zero-order valence-corrected chi connectivity index (χ0v) is 28.4. The minimum atomic E-state index is -2.33. The van der Waals surface area contributed by atoms with Crippen molar-refractivity contribution in [3.63, 3.8) is 0 Å². The van der Waals surface area contributed by atoms with Gasteiger partial charge in [0.25, 0.3) is 0 Å². The number of fused-ring (bicyclic) bond motifs is 2. The first-order valence-electron chi connectivity index (χ1n) is 14.6. The largest absolute Gasteiger partial charge is 0.478 e. The van der Waals surface area contributed by atoms with E-state index in [0.29, 0.717) is 6.54 Å². The number of anilines is 1. The van der Waals surface area contributed by atoms with Crippen LogP contribution in [0, 0.1) is 0 Å². The number of aliphatic carboxylic acids is 1. The molecule has 1 N–H and O–H groups in total. The third-order valence-corrected chi connectivity index (χ3v) is 18.8. The van der Waals surface area contributed by atoms with Crippen molar-refractivity contribution >= 4 is 34.2 Å². The molecule has 0 radical (unpaired) electrons. The third kappa shape index (κ3) is 5.64. The summed E-state index contributed by atoms with van der Waals surface area (Å²) in [6, 6.07) is 17.5. The quantitative estimate of drug-likeness (QED) is 0.334. The van der Waals surface area contributed by atoms with E-state index in [9.17, 15) is 14.7 Å². The zero-order chi connectivity index (χ0) is 30.6. The van der Waals surface area contributed by atoms with Crippen LogP contribution in [0.4, 0.5) is 5.69 Å². The minimum Gasteiger partial charge on any atom is -0.478 e. The monoisotopic (exact) mass is 593 g/mol. The van der Waals surface area contributed by atoms with Crippen LogP contribution in [-0.2, 0) is 30.4 Å². The second-order valence-corrected chi connectivity index (χ2v) is 24.2. The van der Waals surface area contributed by atoms with Crippen molar-refractivity contribution < 1.29 is 23.5 Å². The molecule has 0 bridgehead atoms. The summed E-state index contributed by atoms with van der Waals surface area (Å²) in [5.74, 6) is -1.31. The predicted octanol–water partition coefficient (Wildman–Crippen LogP) is 7.67. The predicted molar refractivity (Wildman–Crippen MR) is 170 cm³/mol. The van der Waals surface area contributed by atoms with Crippen molar-refractivity contribution in [3.05, 3.63) is 77.4 Å². The van der Waals surface area contributed by atoms with Crippen LogP contribution in [0.1, 0.15) is 59.1 Å². The Morgan fingerprint density at radius 1 is 0.902 bits per heavy atom. The van der Waals surface area contributed by atoms with Gasteiger partial charge < -0.3 is 18.9 Å². The second kappa shape index (κ2) is 10.6. The molecule has 6 nitrogen and oxygen atoms in total. The summed E-state index contributed by atoms with van der Waals surface area (Å²) in [5.41, 5.74) is 1.19. The van der Waals surface area contributed by atoms with E-state index < -0.39 is 40.2 Å². The highest BCUT2D eigenvalue weighted by molar-refractivity contribution is 6.74. The second-order valence-electron chi connectivity index (χ2n) is 14.6. The molecule has 1 aliphatic heterocycles. The molecule has 2 aromatic rings. The summed E-state index contributed by atoms with van der Waals surface area (Å²) in [4.78, 5) is 29.5. The summed E-state index contributed by atoms with van der Waals surface area (Å²) in [5, 5.41) is 10.5. The number of nitrogens with zero attached hydrogens (tertiary/aromatic N) is 1. The van der Waals surface area contributed by atoms with E-state index in [2.05, 4.69) is 67.7 Å². The maximum absolute atomic E-state index is 14.7. The number of hydrogen-bond donors (Lipinski definition) is 1. The fourth-order valence-corrected chi connectivity index (χ4v) is 7.97. The van der Waals surface area contributed by atoms with Gasteiger partial charge >= 0.3 is 5.97 Å². The number of carbonyl (C=O) groups excluding carboxylic acids is 1. The summed E-state index contributed by atoms with van der Waals surface area (Å²) >= 11 is 0. The molecule has 1 aliphatic carbocycles. The smallest absolute Gasteiger partial charge is 0.332 e. The molecule has 1 spiro atoms. The Morgan fingerprint density at radius 3 is 2.00 bits per heavy atom. The molecule has 1 heterocycles. The average Bonchev–Trinajstić information content (AvgIpc) is 3.07. The van der Waals surface area contributed by atoms with Gasteiger partial charge in [0.15, 0.2) is 16.6 Å². The molecular weight excluding hydrogens is 547 g/mol. The highest BCUT2D eigenvalue weighted by Gasteiger charge is 2.60. The minimum absolute atomic E-state index is 0.0740. The number of carboxylic acid groups (broad SMARTS) is 1. The van der Waals surface area contributed by atoms with E-state index in [1.54, 1.807) is 11.0 Å². The van der Waals surface area contributed by atoms with Crippen molar-refractivity contribution in [1.82, 2.24) is 0 Å². The number of rotatable bonds is 7. The van der Waals surface area contributed by atoms with Crippen molar-refractivity contribution in [1.29, 1.82) is 0 Å². The number of carbonyl (C=O) groups is 2. The summed E-state index contributed by atoms with van der Waals surface area (Å²) in [7, 11) is -4.65. The number of para-hydroxylation sites is 1. The van der Waals surface area contributed by atoms with E-state index in [1.165, 1.54) is 0 Å². The molecule has 41 heavy (non-hydrogen) atoms. The van der Waals surface area contributed by atoms with E-state index in [0.717, 1.165) is 16.8 Å². The molecule has 2 aromatic carbocycles. The van der Waals surface area contributed by atoms with E-state index in [4.69, 9.17) is 8.85 Å². The molecule has 3 atom stereocenters. The molecule has 222 valence electrons. The van der Waals surface area contributed by atoms with Gasteiger partial charge in [-0.1, -0.05) is 90.1 Å². The van der Waals surface area contributed by atoms with Gasteiger partial charge in [0.2, 0.25) is 5.91 Å². The van der Waals surface area contributed by atoms with E-state index in [-0.39, 0.29) is 28.0 Å². The molecule has 0 aromatic heterocycles. The van der Waals surface area contributed by atoms with Crippen LogP contribution in [0.15, 0.2) is 66.2 Å². The van der Waals surface area contributed by atoms with E-state index in [1.807, 2.05) is 54.6 Å². The van der Waals surface area contributed by atoms with Gasteiger partial charge in [-0.05, 0) is 66.0 Å². The van der Waals surface area contributed by atoms with Gasteiger partial charge in [0.1, 0.15) is 5.41 Å². The fourth-order valence-electron chi connectivity index (χ4n) is 5.39. The topological polar surface area (TPSA) is 76.1 Å². The molecule has 0 saturated carbocycles. The van der Waals surface area contributed by atoms with Crippen LogP contribution < -0.4 is 4.90 Å². The Balaban J connectivity index is 1.90. The SMILES string of the molecule is CC(C)(C)[Si](C)(C)O[C@@H]1C=C(C(=O)O)[C@@]2(C[C@H]1O[Si](C)(C)C(C)(C)C)C(=O)N(Cc1ccccc1)c1ccccc12. The van der Waals surface area contributed by atoms with Gasteiger partial charge in [0.05, 0.1) is 24.3 Å². The highest BCUT2D eigenvalue weighted by atomic mass is 28.4. The van der Waals surface area contributed by atoms with Crippen LogP contribution in [0.3, 0.4) is 0 Å². The van der Waals surface area contributed by atoms with E-state index >= 15 is 0 Å². The van der Waals surface area contributed by atoms with Gasteiger partial charge in [-0.3, -0.25) is 4.79 Å². The molecule has 0 unspecified atom stereocenters. The molecule has 0 fully saturated rings. The summed E-state index contributed by atoms with van der Waals surface area (Å²) < 4.78 is 14.0. The number of carboxylic acids is 1. The van der Waals surface area contributed by atoms with Crippen LogP contribution in [0.2, 0.25) is 36.3 Å². The normalized spacial score (nSPS) is 23.5. The Kier molecular flexibility index (Phi) is 8.15. The fraction of sp³-hybridized carbons (Fsp3) is 0.515. The van der Waals surface area contributed by atoms with Crippen LogP contribution in [-0.4, -0.2) is 45.8 Å². The van der Waals surface area contributed by atoms with Gasteiger partial charge in [0, 0.05) is 5.69 Å². The lowest BCUT2D eigenvalue weighted by Gasteiger charge is -2.48. The first-order chi connectivity index (χ1) is 18.8. The Bertz CT molecular complexity index is 1340. The van der Waals surface area contributed by atoms with Crippen molar-refractivity contribution in [3.8, 4) is 0 Å². The third-order valence-electron chi connectivity index (χ3n) is 9.83. The Morgan fingerprint density at radius 2 is 1.44 bits per heavy atom. The van der Waals surface area contributed by atoms with Crippen molar-refractivity contribution in [2.24, 2.45) is 0 Å². The van der Waals surface area contributed by atoms with Crippen LogP contribution >= 0.6 is 0 Å².